The highest BCUT2D eigenvalue weighted by molar-refractivity contribution is 7.86. The maximum Gasteiger partial charge on any atom is 0.304 e. The van der Waals surface area contributed by atoms with Gasteiger partial charge in [0, 0.05) is 45.8 Å². The Morgan fingerprint density at radius 2 is 1.45 bits per heavy atom. The molecule has 2 heterocycles. The monoisotopic (exact) mass is 305 g/mol. The summed E-state index contributed by atoms with van der Waals surface area (Å²) in [5, 5.41) is 8.66. The number of piperazine rings is 1. The summed E-state index contributed by atoms with van der Waals surface area (Å²) in [6.07, 6.45) is 3.10. The van der Waals surface area contributed by atoms with Gasteiger partial charge in [0.1, 0.15) is 0 Å². The highest BCUT2D eigenvalue weighted by Crippen LogP contribution is 2.17. The van der Waals surface area contributed by atoms with Crippen LogP contribution in [0.2, 0.25) is 0 Å². The van der Waals surface area contributed by atoms with E-state index in [1.165, 1.54) is 4.31 Å². The molecule has 2 saturated heterocycles. The van der Waals surface area contributed by atoms with Gasteiger partial charge in [0.15, 0.2) is 0 Å². The van der Waals surface area contributed by atoms with Gasteiger partial charge in [0.2, 0.25) is 0 Å². The predicted molar refractivity (Wildman–Crippen MR) is 74.6 cm³/mol. The van der Waals surface area contributed by atoms with Gasteiger partial charge in [0.05, 0.1) is 6.42 Å². The molecule has 2 aliphatic heterocycles. The number of hydrogen-bond donors (Lipinski definition) is 1. The number of nitrogens with zero attached hydrogens (tertiary/aromatic N) is 3. The molecule has 0 saturated carbocycles. The molecule has 0 spiro atoms. The zero-order valence-corrected chi connectivity index (χ0v) is 12.5. The largest absolute Gasteiger partial charge is 0.481 e. The van der Waals surface area contributed by atoms with Gasteiger partial charge < -0.3 is 10.0 Å². The first-order chi connectivity index (χ1) is 9.50. The van der Waals surface area contributed by atoms with Gasteiger partial charge in [-0.2, -0.15) is 17.0 Å². The smallest absolute Gasteiger partial charge is 0.304 e. The number of aliphatic carboxylic acids is 1. The van der Waals surface area contributed by atoms with Gasteiger partial charge >= 0.3 is 5.97 Å². The molecule has 0 bridgehead atoms. The van der Waals surface area contributed by atoms with Crippen LogP contribution in [-0.4, -0.2) is 78.8 Å². The van der Waals surface area contributed by atoms with Crippen LogP contribution in [-0.2, 0) is 15.0 Å². The van der Waals surface area contributed by atoms with Crippen LogP contribution < -0.4 is 0 Å². The minimum absolute atomic E-state index is 0.110. The Kier molecular flexibility index (Phi) is 5.36. The van der Waals surface area contributed by atoms with Crippen LogP contribution in [0.5, 0.6) is 0 Å². The van der Waals surface area contributed by atoms with E-state index < -0.39 is 16.2 Å². The van der Waals surface area contributed by atoms with Gasteiger partial charge in [-0.05, 0) is 12.8 Å². The summed E-state index contributed by atoms with van der Waals surface area (Å²) in [6, 6.07) is 0. The molecule has 0 radical (unpaired) electrons. The summed E-state index contributed by atoms with van der Waals surface area (Å²) in [5.74, 6) is -0.812. The second kappa shape index (κ2) is 6.84. The van der Waals surface area contributed by atoms with Crippen molar-refractivity contribution in [1.29, 1.82) is 0 Å². The van der Waals surface area contributed by atoms with Gasteiger partial charge in [-0.1, -0.05) is 6.42 Å². The van der Waals surface area contributed by atoms with Crippen molar-refractivity contribution in [3.63, 3.8) is 0 Å². The summed E-state index contributed by atoms with van der Waals surface area (Å²) in [5.41, 5.74) is 0. The normalized spacial score (nSPS) is 23.8. The van der Waals surface area contributed by atoms with Crippen molar-refractivity contribution in [2.24, 2.45) is 0 Å². The summed E-state index contributed by atoms with van der Waals surface area (Å²) >= 11 is 0. The molecular weight excluding hydrogens is 282 g/mol. The van der Waals surface area contributed by atoms with E-state index in [9.17, 15) is 13.2 Å². The van der Waals surface area contributed by atoms with Gasteiger partial charge in [-0.3, -0.25) is 4.79 Å². The number of carboxylic acids is 1. The molecule has 0 aliphatic carbocycles. The lowest BCUT2D eigenvalue weighted by atomic mass is 10.2. The fourth-order valence-corrected chi connectivity index (χ4v) is 4.37. The summed E-state index contributed by atoms with van der Waals surface area (Å²) < 4.78 is 28.0. The quantitative estimate of drug-likeness (QED) is 0.761. The summed E-state index contributed by atoms with van der Waals surface area (Å²) in [7, 11) is -3.32. The van der Waals surface area contributed by atoms with Crippen LogP contribution in [0.15, 0.2) is 0 Å². The van der Waals surface area contributed by atoms with E-state index in [-0.39, 0.29) is 6.42 Å². The zero-order chi connectivity index (χ0) is 14.6. The maximum atomic E-state index is 12.5. The summed E-state index contributed by atoms with van der Waals surface area (Å²) in [6.45, 7) is 3.88. The van der Waals surface area contributed by atoms with Gasteiger partial charge in [-0.25, -0.2) is 0 Å². The first-order valence-electron chi connectivity index (χ1n) is 7.19. The third-order valence-electron chi connectivity index (χ3n) is 3.94. The Balaban J connectivity index is 1.84. The molecule has 2 fully saturated rings. The summed E-state index contributed by atoms with van der Waals surface area (Å²) in [4.78, 5) is 12.5. The van der Waals surface area contributed by atoms with Crippen molar-refractivity contribution in [3.05, 3.63) is 0 Å². The van der Waals surface area contributed by atoms with Crippen LogP contribution in [0.3, 0.4) is 0 Å². The molecule has 0 aromatic carbocycles. The molecule has 1 N–H and O–H groups in total. The highest BCUT2D eigenvalue weighted by atomic mass is 32.2. The van der Waals surface area contributed by atoms with Crippen molar-refractivity contribution in [2.45, 2.75) is 25.7 Å². The first kappa shape index (κ1) is 15.7. The Bertz CT molecular complexity index is 426. The van der Waals surface area contributed by atoms with E-state index in [0.717, 1.165) is 19.3 Å². The number of carboxylic acid groups (broad SMARTS) is 1. The SMILES string of the molecule is O=C(O)CCN1CCN(S(=O)(=O)N2CCCCC2)CC1. The fourth-order valence-electron chi connectivity index (χ4n) is 2.70. The molecule has 0 aromatic heterocycles. The average molecular weight is 305 g/mol. The van der Waals surface area contributed by atoms with Crippen LogP contribution in [0.1, 0.15) is 25.7 Å². The number of rotatable bonds is 5. The molecule has 2 rings (SSSR count). The molecule has 116 valence electrons. The van der Waals surface area contributed by atoms with E-state index in [4.69, 9.17) is 5.11 Å². The maximum absolute atomic E-state index is 12.5. The van der Waals surface area contributed by atoms with Gasteiger partial charge in [0.25, 0.3) is 10.2 Å². The molecule has 0 amide bonds. The average Bonchev–Trinajstić information content (AvgIpc) is 2.46. The van der Waals surface area contributed by atoms with Crippen LogP contribution in [0.25, 0.3) is 0 Å². The number of carbonyl (C=O) groups is 1. The number of piperidine rings is 1. The third kappa shape index (κ3) is 3.91. The topological polar surface area (TPSA) is 81.2 Å². The minimum atomic E-state index is -3.32. The Labute approximate surface area is 120 Å². The van der Waals surface area contributed by atoms with Crippen molar-refractivity contribution in [1.82, 2.24) is 13.5 Å². The Morgan fingerprint density at radius 1 is 0.900 bits per heavy atom. The molecule has 0 atom stereocenters. The van der Waals surface area contributed by atoms with E-state index in [2.05, 4.69) is 0 Å². The van der Waals surface area contributed by atoms with E-state index in [0.29, 0.717) is 45.8 Å². The van der Waals surface area contributed by atoms with Gasteiger partial charge in [-0.15, -0.1) is 0 Å². The second-order valence-corrected chi connectivity index (χ2v) is 7.28. The van der Waals surface area contributed by atoms with Crippen LogP contribution in [0, 0.1) is 0 Å². The first-order valence-corrected chi connectivity index (χ1v) is 8.59. The van der Waals surface area contributed by atoms with Crippen molar-refractivity contribution in [3.8, 4) is 0 Å². The Hall–Kier alpha value is -0.700. The zero-order valence-electron chi connectivity index (χ0n) is 11.7. The Morgan fingerprint density at radius 3 is 2.00 bits per heavy atom. The highest BCUT2D eigenvalue weighted by Gasteiger charge is 2.32. The van der Waals surface area contributed by atoms with Crippen LogP contribution in [0.4, 0.5) is 0 Å². The lowest BCUT2D eigenvalue weighted by molar-refractivity contribution is -0.137. The van der Waals surface area contributed by atoms with Crippen molar-refractivity contribution < 1.29 is 18.3 Å². The van der Waals surface area contributed by atoms with Crippen molar-refractivity contribution in [2.75, 3.05) is 45.8 Å². The van der Waals surface area contributed by atoms with Crippen molar-refractivity contribution >= 4 is 16.2 Å². The second-order valence-electron chi connectivity index (χ2n) is 5.35. The fraction of sp³-hybridized carbons (Fsp3) is 0.917. The lowest BCUT2D eigenvalue weighted by Crippen LogP contribution is -2.54. The molecule has 2 aliphatic rings. The third-order valence-corrected chi connectivity index (χ3v) is 5.98. The minimum Gasteiger partial charge on any atom is -0.481 e. The molecular formula is C12H23N3O4S. The molecule has 20 heavy (non-hydrogen) atoms. The predicted octanol–water partition coefficient (Wildman–Crippen LogP) is -0.191. The molecule has 0 aromatic rings. The van der Waals surface area contributed by atoms with Crippen LogP contribution >= 0.6 is 0 Å². The molecule has 0 unspecified atom stereocenters. The van der Waals surface area contributed by atoms with E-state index in [1.807, 2.05) is 4.90 Å². The van der Waals surface area contributed by atoms with E-state index >= 15 is 0 Å². The standard InChI is InChI=1S/C12H23N3O4S/c16-12(17)4-7-13-8-10-15(11-9-13)20(18,19)14-5-2-1-3-6-14/h1-11H2,(H,16,17). The molecule has 8 heteroatoms. The lowest BCUT2D eigenvalue weighted by Gasteiger charge is -2.37. The molecule has 7 nitrogen and oxygen atoms in total. The van der Waals surface area contributed by atoms with E-state index in [1.54, 1.807) is 4.31 Å². The number of hydrogen-bond acceptors (Lipinski definition) is 4.